The van der Waals surface area contributed by atoms with Crippen molar-refractivity contribution in [3.8, 4) is 17.0 Å². The number of imidazole rings is 1. The van der Waals surface area contributed by atoms with E-state index >= 15 is 0 Å². The van der Waals surface area contributed by atoms with E-state index in [1.807, 2.05) is 4.40 Å². The fourth-order valence-corrected chi connectivity index (χ4v) is 4.68. The zero-order valence-electron chi connectivity index (χ0n) is 17.1. The van der Waals surface area contributed by atoms with Crippen LogP contribution in [0.5, 0.6) is 5.75 Å². The molecule has 0 radical (unpaired) electrons. The molecule has 4 heterocycles. The highest BCUT2D eigenvalue weighted by molar-refractivity contribution is 5.81. The van der Waals surface area contributed by atoms with Gasteiger partial charge in [0.1, 0.15) is 17.3 Å². The van der Waals surface area contributed by atoms with Gasteiger partial charge in [0.05, 0.1) is 17.3 Å². The van der Waals surface area contributed by atoms with Gasteiger partial charge in [-0.3, -0.25) is 4.40 Å². The molecule has 2 aliphatic heterocycles. The summed E-state index contributed by atoms with van der Waals surface area (Å²) in [5.41, 5.74) is 0.239. The maximum atomic E-state index is 13.0. The lowest BCUT2D eigenvalue weighted by Crippen LogP contribution is -2.48. The van der Waals surface area contributed by atoms with E-state index in [0.29, 0.717) is 23.2 Å². The van der Waals surface area contributed by atoms with Gasteiger partial charge in [-0.1, -0.05) is 0 Å². The first kappa shape index (κ1) is 20.0. The lowest BCUT2D eigenvalue weighted by molar-refractivity contribution is -0.137. The number of likely N-dealkylation sites (tertiary alicyclic amines) is 1. The molecule has 0 bridgehead atoms. The van der Waals surface area contributed by atoms with Crippen LogP contribution in [0, 0.1) is 0 Å². The molecule has 0 amide bonds. The number of piperidine rings is 1. The number of rotatable bonds is 2. The van der Waals surface area contributed by atoms with Gasteiger partial charge in [0, 0.05) is 31.1 Å². The second-order valence-corrected chi connectivity index (χ2v) is 8.33. The molecular formula is C21H23F3N6O. The van der Waals surface area contributed by atoms with Crippen molar-refractivity contribution >= 4 is 11.5 Å². The minimum absolute atomic E-state index is 0.201. The first-order chi connectivity index (χ1) is 14.8. The van der Waals surface area contributed by atoms with Crippen LogP contribution in [-0.2, 0) is 12.6 Å². The molecule has 1 N–H and O–H groups in total. The van der Waals surface area contributed by atoms with Crippen molar-refractivity contribution in [2.75, 3.05) is 31.6 Å². The van der Waals surface area contributed by atoms with E-state index in [1.165, 1.54) is 6.07 Å². The van der Waals surface area contributed by atoms with E-state index in [9.17, 15) is 18.3 Å². The van der Waals surface area contributed by atoms with Crippen LogP contribution in [-0.4, -0.2) is 62.3 Å². The first-order valence-corrected chi connectivity index (χ1v) is 10.4. The van der Waals surface area contributed by atoms with Crippen LogP contribution in [0.15, 0.2) is 24.4 Å². The number of aromatic nitrogens is 4. The van der Waals surface area contributed by atoms with Crippen molar-refractivity contribution in [2.24, 2.45) is 0 Å². The highest BCUT2D eigenvalue weighted by Crippen LogP contribution is 2.38. The number of hydrogen-bond acceptors (Lipinski definition) is 6. The Kier molecular flexibility index (Phi) is 4.76. The number of nitrogens with zero attached hydrogens (tertiary/aromatic N) is 6. The molecule has 2 aliphatic rings. The molecule has 1 aromatic carbocycles. The summed E-state index contributed by atoms with van der Waals surface area (Å²) in [6, 6.07) is 3.22. The molecule has 5 rings (SSSR count). The second-order valence-electron chi connectivity index (χ2n) is 8.33. The van der Waals surface area contributed by atoms with Crippen molar-refractivity contribution < 1.29 is 18.3 Å². The van der Waals surface area contributed by atoms with Crippen molar-refractivity contribution in [3.05, 3.63) is 35.8 Å². The number of halogens is 3. The highest BCUT2D eigenvalue weighted by Gasteiger charge is 2.33. The predicted octanol–water partition coefficient (Wildman–Crippen LogP) is 3.36. The predicted molar refractivity (Wildman–Crippen MR) is 109 cm³/mol. The molecule has 3 aromatic rings. The van der Waals surface area contributed by atoms with Gasteiger partial charge in [0.25, 0.3) is 0 Å². The minimum atomic E-state index is -4.53. The van der Waals surface area contributed by atoms with E-state index in [0.717, 1.165) is 63.3 Å². The van der Waals surface area contributed by atoms with Crippen molar-refractivity contribution in [3.63, 3.8) is 0 Å². The van der Waals surface area contributed by atoms with E-state index in [2.05, 4.69) is 32.0 Å². The van der Waals surface area contributed by atoms with Gasteiger partial charge in [-0.05, 0) is 51.1 Å². The zero-order valence-corrected chi connectivity index (χ0v) is 17.1. The average molecular weight is 432 g/mol. The molecule has 0 spiro atoms. The van der Waals surface area contributed by atoms with Crippen LogP contribution >= 0.6 is 0 Å². The van der Waals surface area contributed by atoms with Crippen molar-refractivity contribution in [2.45, 2.75) is 37.9 Å². The molecule has 7 nitrogen and oxygen atoms in total. The summed E-state index contributed by atoms with van der Waals surface area (Å²) in [6.45, 7) is 2.86. The summed E-state index contributed by atoms with van der Waals surface area (Å²) >= 11 is 0. The molecule has 1 atom stereocenters. The lowest BCUT2D eigenvalue weighted by atomic mass is 10.0. The van der Waals surface area contributed by atoms with Crippen LogP contribution in [0.2, 0.25) is 0 Å². The number of phenolic OH excluding ortho intramolecular Hbond substituents is 1. The number of likely N-dealkylation sites (N-methyl/N-ethyl adjacent to an activating group) is 1. The molecule has 0 aliphatic carbocycles. The Morgan fingerprint density at radius 2 is 1.97 bits per heavy atom. The molecule has 1 saturated heterocycles. The van der Waals surface area contributed by atoms with E-state index in [4.69, 9.17) is 0 Å². The summed E-state index contributed by atoms with van der Waals surface area (Å²) < 4.78 is 40.9. The zero-order chi connectivity index (χ0) is 21.8. The van der Waals surface area contributed by atoms with Crippen LogP contribution in [0.1, 0.15) is 30.7 Å². The molecule has 164 valence electrons. The van der Waals surface area contributed by atoms with Gasteiger partial charge < -0.3 is 14.9 Å². The van der Waals surface area contributed by atoms with Crippen LogP contribution in [0.25, 0.3) is 16.8 Å². The minimum Gasteiger partial charge on any atom is -0.507 e. The van der Waals surface area contributed by atoms with E-state index < -0.39 is 17.5 Å². The molecule has 1 fully saturated rings. The number of hydrogen-bond donors (Lipinski definition) is 1. The summed E-state index contributed by atoms with van der Waals surface area (Å²) in [5.74, 6) is 1.07. The SMILES string of the molecule is CN1CCC[C@@H](N2CCCc3ncc4c(-c5ccc(C(F)(F)F)cc5O)nnc2n34)C1. The number of aromatic hydroxyl groups is 1. The van der Waals surface area contributed by atoms with Gasteiger partial charge >= 0.3 is 6.18 Å². The monoisotopic (exact) mass is 432 g/mol. The fraction of sp³-hybridized carbons (Fsp3) is 0.476. The molecule has 31 heavy (non-hydrogen) atoms. The summed E-state index contributed by atoms with van der Waals surface area (Å²) in [5, 5.41) is 19.2. The van der Waals surface area contributed by atoms with Crippen molar-refractivity contribution in [1.29, 1.82) is 0 Å². The number of anilines is 1. The van der Waals surface area contributed by atoms with Gasteiger partial charge in [-0.15, -0.1) is 10.2 Å². The van der Waals surface area contributed by atoms with Crippen LogP contribution in [0.4, 0.5) is 19.1 Å². The number of alkyl halides is 3. The third-order valence-electron chi connectivity index (χ3n) is 6.19. The Morgan fingerprint density at radius 3 is 2.71 bits per heavy atom. The number of aryl methyl sites for hydroxylation is 1. The van der Waals surface area contributed by atoms with E-state index in [1.54, 1.807) is 6.20 Å². The largest absolute Gasteiger partial charge is 0.507 e. The van der Waals surface area contributed by atoms with Crippen molar-refractivity contribution in [1.82, 2.24) is 24.5 Å². The first-order valence-electron chi connectivity index (χ1n) is 10.4. The Hall–Kier alpha value is -2.88. The molecule has 10 heteroatoms. The summed E-state index contributed by atoms with van der Waals surface area (Å²) in [4.78, 5) is 9.13. The standard InChI is InChI=1S/C21H23F3N6O/c1-28-8-2-4-14(12-28)29-9-3-5-18-25-11-16-19(26-27-20(29)30(16)18)15-7-6-13(10-17(15)31)21(22,23)24/h6-7,10-11,14,31H,2-5,8-9,12H2,1H3/t14-/m1/s1. The molecular weight excluding hydrogens is 409 g/mol. The third kappa shape index (κ3) is 3.48. The average Bonchev–Trinajstić information content (AvgIpc) is 3.05. The maximum absolute atomic E-state index is 13.0. The quantitative estimate of drug-likeness (QED) is 0.670. The Bertz CT molecular complexity index is 1130. The Balaban J connectivity index is 1.61. The van der Waals surface area contributed by atoms with Gasteiger partial charge in [0.2, 0.25) is 5.95 Å². The third-order valence-corrected chi connectivity index (χ3v) is 6.19. The maximum Gasteiger partial charge on any atom is 0.416 e. The molecule has 2 aromatic heterocycles. The molecule has 0 unspecified atom stereocenters. The normalized spacial score (nSPS) is 20.3. The number of benzene rings is 1. The topological polar surface area (TPSA) is 69.8 Å². The smallest absolute Gasteiger partial charge is 0.416 e. The highest BCUT2D eigenvalue weighted by atomic mass is 19.4. The fourth-order valence-electron chi connectivity index (χ4n) is 4.68. The Morgan fingerprint density at radius 1 is 1.13 bits per heavy atom. The lowest BCUT2D eigenvalue weighted by Gasteiger charge is -2.38. The van der Waals surface area contributed by atoms with Gasteiger partial charge in [-0.25, -0.2) is 4.98 Å². The second kappa shape index (κ2) is 7.37. The molecule has 0 saturated carbocycles. The van der Waals surface area contributed by atoms with Crippen LogP contribution in [0.3, 0.4) is 0 Å². The van der Waals surface area contributed by atoms with Crippen LogP contribution < -0.4 is 4.90 Å². The summed E-state index contributed by atoms with van der Waals surface area (Å²) in [7, 11) is 2.12. The van der Waals surface area contributed by atoms with E-state index in [-0.39, 0.29) is 5.56 Å². The van der Waals surface area contributed by atoms with Gasteiger partial charge in [-0.2, -0.15) is 13.2 Å². The van der Waals surface area contributed by atoms with Gasteiger partial charge in [0.15, 0.2) is 0 Å². The Labute approximate surface area is 177 Å². The summed E-state index contributed by atoms with van der Waals surface area (Å²) in [6.07, 6.45) is 1.01. The number of phenols is 1.